The molecule has 0 fully saturated rings. The zero-order valence-electron chi connectivity index (χ0n) is 13.5. The quantitative estimate of drug-likeness (QED) is 0.707. The van der Waals surface area contributed by atoms with Crippen LogP contribution < -0.4 is 5.32 Å². The average molecular weight is 285 g/mol. The third-order valence-electron chi connectivity index (χ3n) is 3.80. The Morgan fingerprint density at radius 1 is 0.952 bits per heavy atom. The van der Waals surface area contributed by atoms with Gasteiger partial charge in [0.25, 0.3) is 0 Å². The molecule has 0 saturated heterocycles. The van der Waals surface area contributed by atoms with Crippen LogP contribution in [0.15, 0.2) is 40.8 Å². The molecule has 2 rings (SSSR count). The van der Waals surface area contributed by atoms with Crippen LogP contribution in [0.3, 0.4) is 0 Å². The van der Waals surface area contributed by atoms with Crippen molar-refractivity contribution in [1.82, 2.24) is 5.32 Å². The third kappa shape index (κ3) is 4.21. The van der Waals surface area contributed by atoms with E-state index in [9.17, 15) is 0 Å². The molecule has 2 nitrogen and oxygen atoms in total. The molecule has 114 valence electrons. The molecule has 1 heterocycles. The summed E-state index contributed by atoms with van der Waals surface area (Å²) in [6, 6.07) is 13.2. The zero-order valence-corrected chi connectivity index (χ0v) is 13.5. The molecule has 1 unspecified atom stereocenters. The van der Waals surface area contributed by atoms with Crippen molar-refractivity contribution in [3.8, 4) is 11.3 Å². The predicted octanol–water partition coefficient (Wildman–Crippen LogP) is 5.35. The summed E-state index contributed by atoms with van der Waals surface area (Å²) in [7, 11) is 0. The first kappa shape index (κ1) is 15.8. The molecule has 0 spiro atoms. The lowest BCUT2D eigenvalue weighted by molar-refractivity contribution is 0.411. The first-order chi connectivity index (χ1) is 10.3. The molecule has 21 heavy (non-hydrogen) atoms. The minimum Gasteiger partial charge on any atom is -0.459 e. The van der Waals surface area contributed by atoms with Gasteiger partial charge in [0.05, 0.1) is 6.04 Å². The van der Waals surface area contributed by atoms with Crippen molar-refractivity contribution in [2.75, 3.05) is 6.54 Å². The van der Waals surface area contributed by atoms with Crippen molar-refractivity contribution < 1.29 is 4.42 Å². The van der Waals surface area contributed by atoms with E-state index in [4.69, 9.17) is 4.42 Å². The van der Waals surface area contributed by atoms with Crippen molar-refractivity contribution in [3.63, 3.8) is 0 Å². The van der Waals surface area contributed by atoms with Gasteiger partial charge in [-0.05, 0) is 43.5 Å². The number of rotatable bonds is 8. The SMILES string of the molecule is CCCNC(CC)c1ccc(-c2ccc(CCC)cc2)o1. The Kier molecular flexibility index (Phi) is 6.06. The van der Waals surface area contributed by atoms with Crippen LogP contribution >= 0.6 is 0 Å². The molecule has 0 saturated carbocycles. The van der Waals surface area contributed by atoms with Gasteiger partial charge in [-0.1, -0.05) is 51.5 Å². The van der Waals surface area contributed by atoms with Gasteiger partial charge in [0.1, 0.15) is 11.5 Å². The maximum atomic E-state index is 6.06. The molecule has 1 N–H and O–H groups in total. The summed E-state index contributed by atoms with van der Waals surface area (Å²) in [5.74, 6) is 2.00. The van der Waals surface area contributed by atoms with E-state index in [-0.39, 0.29) is 0 Å². The summed E-state index contributed by atoms with van der Waals surface area (Å²) in [4.78, 5) is 0. The maximum absolute atomic E-state index is 6.06. The van der Waals surface area contributed by atoms with Gasteiger partial charge in [0.2, 0.25) is 0 Å². The predicted molar refractivity (Wildman–Crippen MR) is 89.5 cm³/mol. The second-order valence-corrected chi connectivity index (χ2v) is 5.56. The minimum absolute atomic E-state index is 0.318. The van der Waals surface area contributed by atoms with Gasteiger partial charge in [-0.15, -0.1) is 0 Å². The van der Waals surface area contributed by atoms with Crippen LogP contribution in [0.2, 0.25) is 0 Å². The van der Waals surface area contributed by atoms with Gasteiger partial charge in [0, 0.05) is 5.56 Å². The molecule has 0 amide bonds. The summed E-state index contributed by atoms with van der Waals surface area (Å²) >= 11 is 0. The van der Waals surface area contributed by atoms with Crippen molar-refractivity contribution in [1.29, 1.82) is 0 Å². The Labute approximate surface area is 128 Å². The van der Waals surface area contributed by atoms with Gasteiger partial charge in [-0.3, -0.25) is 0 Å². The summed E-state index contributed by atoms with van der Waals surface area (Å²) in [5.41, 5.74) is 2.55. The molecule has 1 aromatic heterocycles. The van der Waals surface area contributed by atoms with E-state index >= 15 is 0 Å². The smallest absolute Gasteiger partial charge is 0.134 e. The molecular formula is C19H27NO. The lowest BCUT2D eigenvalue weighted by atomic mass is 10.1. The lowest BCUT2D eigenvalue weighted by Crippen LogP contribution is -2.20. The number of benzene rings is 1. The number of aryl methyl sites for hydroxylation is 1. The van der Waals surface area contributed by atoms with E-state index in [1.54, 1.807) is 0 Å². The number of hydrogen-bond acceptors (Lipinski definition) is 2. The molecule has 0 aliphatic carbocycles. The van der Waals surface area contributed by atoms with Gasteiger partial charge in [-0.2, -0.15) is 0 Å². The first-order valence-corrected chi connectivity index (χ1v) is 8.20. The highest BCUT2D eigenvalue weighted by Crippen LogP contribution is 2.27. The largest absolute Gasteiger partial charge is 0.459 e. The Morgan fingerprint density at radius 2 is 1.71 bits per heavy atom. The molecular weight excluding hydrogens is 258 g/mol. The van der Waals surface area contributed by atoms with Crippen molar-refractivity contribution >= 4 is 0 Å². The molecule has 0 aliphatic rings. The van der Waals surface area contributed by atoms with Crippen LogP contribution in [0.1, 0.15) is 57.4 Å². The van der Waals surface area contributed by atoms with E-state index in [0.717, 1.165) is 42.9 Å². The topological polar surface area (TPSA) is 25.2 Å². The standard InChI is InChI=1S/C19H27NO/c1-4-7-15-8-10-16(11-9-15)18-12-13-19(21-18)17(6-3)20-14-5-2/h8-13,17,20H,4-7,14H2,1-3H3. The highest BCUT2D eigenvalue weighted by Gasteiger charge is 2.13. The molecule has 1 atom stereocenters. The van der Waals surface area contributed by atoms with Crippen LogP contribution in [0.25, 0.3) is 11.3 Å². The van der Waals surface area contributed by atoms with E-state index in [1.165, 1.54) is 12.0 Å². The van der Waals surface area contributed by atoms with Crippen molar-refractivity contribution in [2.45, 2.75) is 52.5 Å². The van der Waals surface area contributed by atoms with Gasteiger partial charge < -0.3 is 9.73 Å². The molecule has 1 aromatic carbocycles. The lowest BCUT2D eigenvalue weighted by Gasteiger charge is -2.13. The third-order valence-corrected chi connectivity index (χ3v) is 3.80. The fraction of sp³-hybridized carbons (Fsp3) is 0.474. The monoisotopic (exact) mass is 285 g/mol. The van der Waals surface area contributed by atoms with Crippen LogP contribution in [-0.2, 0) is 6.42 Å². The highest BCUT2D eigenvalue weighted by atomic mass is 16.3. The Morgan fingerprint density at radius 3 is 2.33 bits per heavy atom. The maximum Gasteiger partial charge on any atom is 0.134 e. The van der Waals surface area contributed by atoms with Crippen LogP contribution in [0.4, 0.5) is 0 Å². The van der Waals surface area contributed by atoms with Crippen LogP contribution in [0.5, 0.6) is 0 Å². The molecule has 0 bridgehead atoms. The Hall–Kier alpha value is -1.54. The van der Waals surface area contributed by atoms with Gasteiger partial charge in [-0.25, -0.2) is 0 Å². The van der Waals surface area contributed by atoms with E-state index in [0.29, 0.717) is 6.04 Å². The fourth-order valence-corrected chi connectivity index (χ4v) is 2.58. The van der Waals surface area contributed by atoms with Gasteiger partial charge >= 0.3 is 0 Å². The second-order valence-electron chi connectivity index (χ2n) is 5.56. The Balaban J connectivity index is 2.11. The van der Waals surface area contributed by atoms with Crippen LogP contribution in [0, 0.1) is 0 Å². The van der Waals surface area contributed by atoms with Crippen molar-refractivity contribution in [2.24, 2.45) is 0 Å². The molecule has 0 aliphatic heterocycles. The summed E-state index contributed by atoms with van der Waals surface area (Å²) in [5, 5.41) is 3.53. The van der Waals surface area contributed by atoms with Crippen molar-refractivity contribution in [3.05, 3.63) is 47.7 Å². The highest BCUT2D eigenvalue weighted by molar-refractivity contribution is 5.58. The summed E-state index contributed by atoms with van der Waals surface area (Å²) < 4.78 is 6.06. The normalized spacial score (nSPS) is 12.5. The molecule has 2 heteroatoms. The summed E-state index contributed by atoms with van der Waals surface area (Å²) in [6.45, 7) is 7.61. The fourth-order valence-electron chi connectivity index (χ4n) is 2.58. The van der Waals surface area contributed by atoms with E-state index in [2.05, 4.69) is 62.5 Å². The van der Waals surface area contributed by atoms with Crippen LogP contribution in [-0.4, -0.2) is 6.54 Å². The number of furan rings is 1. The molecule has 0 radical (unpaired) electrons. The first-order valence-electron chi connectivity index (χ1n) is 8.20. The Bertz CT molecular complexity index is 527. The zero-order chi connectivity index (χ0) is 15.1. The molecule has 2 aromatic rings. The second kappa shape index (κ2) is 8.04. The van der Waals surface area contributed by atoms with Gasteiger partial charge in [0.15, 0.2) is 0 Å². The average Bonchev–Trinajstić information content (AvgIpc) is 2.99. The minimum atomic E-state index is 0.318. The number of nitrogens with one attached hydrogen (secondary N) is 1. The van der Waals surface area contributed by atoms with E-state index < -0.39 is 0 Å². The van der Waals surface area contributed by atoms with E-state index in [1.807, 2.05) is 0 Å². The summed E-state index contributed by atoms with van der Waals surface area (Å²) in [6.07, 6.45) is 4.51. The number of hydrogen-bond donors (Lipinski definition) is 1.